The number of nitriles is 1. The van der Waals surface area contributed by atoms with Crippen molar-refractivity contribution in [2.45, 2.75) is 0 Å². The van der Waals surface area contributed by atoms with Gasteiger partial charge in [0.05, 0.1) is 0 Å². The summed E-state index contributed by atoms with van der Waals surface area (Å²) in [7, 11) is 0. The van der Waals surface area contributed by atoms with Crippen molar-refractivity contribution < 1.29 is 4.21 Å². The van der Waals surface area contributed by atoms with Crippen LogP contribution in [-0.2, 0) is 11.3 Å². The van der Waals surface area contributed by atoms with Crippen LogP contribution in [0.4, 0.5) is 0 Å². The smallest absolute Gasteiger partial charge is 0.185 e. The van der Waals surface area contributed by atoms with E-state index in [1.165, 1.54) is 6.07 Å². The summed E-state index contributed by atoms with van der Waals surface area (Å²) in [6.07, 6.45) is 0. The van der Waals surface area contributed by atoms with Crippen LogP contribution in [-0.4, -0.2) is 9.20 Å². The quantitative estimate of drug-likeness (QED) is 0.391. The van der Waals surface area contributed by atoms with E-state index in [0.29, 0.717) is 0 Å². The normalized spacial score (nSPS) is 6.00. The van der Waals surface area contributed by atoms with Gasteiger partial charge in [0, 0.05) is 0 Å². The second-order valence-electron chi connectivity index (χ2n) is 0.559. The first kappa shape index (κ1) is 5.34. The molecule has 0 bridgehead atoms. The fourth-order valence-corrected chi connectivity index (χ4v) is 0.0559. The Morgan fingerprint density at radius 3 is 2.50 bits per heavy atom. The number of hydrogen-bond donors (Lipinski definition) is 1. The van der Waals surface area contributed by atoms with Crippen molar-refractivity contribution in [1.82, 2.24) is 0 Å². The number of rotatable bonds is 0. The summed E-state index contributed by atoms with van der Waals surface area (Å²) in [6, 6.07) is 1.46. The highest BCUT2D eigenvalue weighted by molar-refractivity contribution is 7.66. The van der Waals surface area contributed by atoms with E-state index < -0.39 is 0 Å². The van der Waals surface area contributed by atoms with Gasteiger partial charge in [-0.15, -0.1) is 0 Å². The third-order valence-electron chi connectivity index (χ3n) is 0.200. The van der Waals surface area contributed by atoms with Crippen molar-refractivity contribution in [3.63, 3.8) is 0 Å². The number of nitrogens with zero attached hydrogens (tertiary/aromatic N) is 1. The molecule has 0 aromatic carbocycles. The summed E-state index contributed by atoms with van der Waals surface area (Å²) in [5.41, 5.74) is 4.68. The fraction of sp³-hybridized carbons (Fsp3) is 0. The topological polar surface area (TPSA) is 66.9 Å². The number of nitrogens with two attached hydrogens (primary N) is 1. The first-order chi connectivity index (χ1) is 2.81. The molecule has 0 aromatic rings. The minimum absolute atomic E-state index is 0.00810. The second kappa shape index (κ2) is 2.57. The Labute approximate surface area is 38.4 Å². The van der Waals surface area contributed by atoms with Gasteiger partial charge in [-0.2, -0.15) is 5.26 Å². The van der Waals surface area contributed by atoms with Crippen molar-refractivity contribution in [2.24, 2.45) is 5.73 Å². The summed E-state index contributed by atoms with van der Waals surface area (Å²) < 4.78 is 9.39. The molecule has 0 radical (unpaired) electrons. The van der Waals surface area contributed by atoms with Crippen molar-refractivity contribution in [3.05, 3.63) is 0 Å². The maximum absolute atomic E-state index is 9.39. The monoisotopic (exact) mass is 102 g/mol. The lowest BCUT2D eigenvalue weighted by Crippen LogP contribution is -2.05. The molecule has 0 aliphatic rings. The Bertz CT molecular complexity index is 129. The van der Waals surface area contributed by atoms with Crippen LogP contribution in [0.25, 0.3) is 0 Å². The van der Waals surface area contributed by atoms with Gasteiger partial charge in [-0.25, -0.2) is 4.21 Å². The Hall–Kier alpha value is -0.660. The molecule has 0 unspecified atom stereocenters. The average Bonchev–Trinajstić information content (AvgIpc) is 1.65. The molecule has 0 spiro atoms. The molecule has 0 rings (SSSR count). The van der Waals surface area contributed by atoms with E-state index in [9.17, 15) is 4.21 Å². The summed E-state index contributed by atoms with van der Waals surface area (Å²) in [5.74, 6) is 0. The standard InChI is InChI=1S/C2H2N2OS/c3-1-2(4)6-5/h4H2. The molecule has 0 saturated carbocycles. The van der Waals surface area contributed by atoms with Gasteiger partial charge in [0.15, 0.2) is 4.99 Å². The van der Waals surface area contributed by atoms with E-state index in [0.717, 1.165) is 0 Å². The van der Waals surface area contributed by atoms with E-state index in [-0.39, 0.29) is 16.2 Å². The minimum Gasteiger partial charge on any atom is -0.282 e. The lowest BCUT2D eigenvalue weighted by molar-refractivity contribution is 0.701. The molecule has 0 saturated heterocycles. The predicted molar refractivity (Wildman–Crippen MR) is 22.9 cm³/mol. The summed E-state index contributed by atoms with van der Waals surface area (Å²) in [5, 5.41) is 7.70. The van der Waals surface area contributed by atoms with Crippen molar-refractivity contribution in [2.75, 3.05) is 0 Å². The van der Waals surface area contributed by atoms with Crippen LogP contribution in [0.2, 0.25) is 0 Å². The first-order valence-corrected chi connectivity index (χ1v) is 1.87. The molecule has 32 valence electrons. The molecule has 0 aliphatic carbocycles. The van der Waals surface area contributed by atoms with Gasteiger partial charge in [0.1, 0.15) is 17.3 Å². The van der Waals surface area contributed by atoms with Gasteiger partial charge in [-0.05, 0) is 0 Å². The van der Waals surface area contributed by atoms with Crippen molar-refractivity contribution in [1.29, 1.82) is 5.26 Å². The number of hydrogen-bond acceptors (Lipinski definition) is 2. The Balaban J connectivity index is 3.99. The van der Waals surface area contributed by atoms with Crippen molar-refractivity contribution >= 4 is 16.2 Å². The summed E-state index contributed by atoms with van der Waals surface area (Å²) >= 11 is 0.00810. The maximum Gasteiger partial charge on any atom is 0.185 e. The van der Waals surface area contributed by atoms with Gasteiger partial charge < -0.3 is 0 Å². The molecule has 0 aliphatic heterocycles. The Morgan fingerprint density at radius 2 is 2.50 bits per heavy atom. The van der Waals surface area contributed by atoms with Crippen LogP contribution < -0.4 is 5.73 Å². The molecule has 0 amide bonds. The van der Waals surface area contributed by atoms with E-state index in [1.54, 1.807) is 0 Å². The predicted octanol–water partition coefficient (Wildman–Crippen LogP) is -1.19. The van der Waals surface area contributed by atoms with Crippen LogP contribution in [0, 0.1) is 11.3 Å². The van der Waals surface area contributed by atoms with Crippen LogP contribution in [0.5, 0.6) is 0 Å². The minimum atomic E-state index is -0.241. The van der Waals surface area contributed by atoms with Gasteiger partial charge >= 0.3 is 0 Å². The zero-order valence-corrected chi connectivity index (χ0v) is 3.66. The van der Waals surface area contributed by atoms with E-state index >= 15 is 0 Å². The van der Waals surface area contributed by atoms with E-state index in [4.69, 9.17) is 5.26 Å². The molecular formula is C2H2N2OS. The molecule has 2 N–H and O–H groups in total. The highest BCUT2D eigenvalue weighted by Crippen LogP contribution is 1.42. The molecule has 0 heterocycles. The third kappa shape index (κ3) is 1.64. The summed E-state index contributed by atoms with van der Waals surface area (Å²) in [6.45, 7) is 0. The lowest BCUT2D eigenvalue weighted by atomic mass is 10.8. The zero-order valence-electron chi connectivity index (χ0n) is 2.84. The lowest BCUT2D eigenvalue weighted by Gasteiger charge is -1.60. The van der Waals surface area contributed by atoms with Crippen LogP contribution >= 0.6 is 0 Å². The van der Waals surface area contributed by atoms with Gasteiger partial charge in [-0.1, -0.05) is 0 Å². The Kier molecular flexibility index (Phi) is 2.29. The third-order valence-corrected chi connectivity index (χ3v) is 0.471. The van der Waals surface area contributed by atoms with Crippen LogP contribution in [0.3, 0.4) is 0 Å². The highest BCUT2D eigenvalue weighted by Gasteiger charge is 1.74. The molecule has 4 heteroatoms. The first-order valence-electron chi connectivity index (χ1n) is 1.13. The average molecular weight is 102 g/mol. The van der Waals surface area contributed by atoms with Gasteiger partial charge in [0.25, 0.3) is 0 Å². The summed E-state index contributed by atoms with van der Waals surface area (Å²) in [4.78, 5) is -0.241. The molecule has 0 atom stereocenters. The fourth-order valence-electron chi connectivity index (χ4n) is 0.0186. The SMILES string of the molecule is N#CC(N)=S=O. The van der Waals surface area contributed by atoms with Crippen LogP contribution in [0.15, 0.2) is 0 Å². The van der Waals surface area contributed by atoms with Gasteiger partial charge in [0.2, 0.25) is 0 Å². The van der Waals surface area contributed by atoms with Crippen molar-refractivity contribution in [3.8, 4) is 6.07 Å². The van der Waals surface area contributed by atoms with E-state index in [2.05, 4.69) is 5.73 Å². The molecule has 6 heavy (non-hydrogen) atoms. The van der Waals surface area contributed by atoms with Gasteiger partial charge in [-0.3, -0.25) is 5.73 Å². The molecule has 3 nitrogen and oxygen atoms in total. The van der Waals surface area contributed by atoms with E-state index in [1.807, 2.05) is 0 Å². The maximum atomic E-state index is 9.39. The molecule has 0 aromatic heterocycles. The largest absolute Gasteiger partial charge is 0.282 e. The Morgan fingerprint density at radius 1 is 2.00 bits per heavy atom. The highest BCUT2D eigenvalue weighted by atomic mass is 32.1. The zero-order chi connectivity index (χ0) is 4.99. The second-order valence-corrected chi connectivity index (χ2v) is 1.17. The molecule has 0 fully saturated rings. The van der Waals surface area contributed by atoms with Crippen LogP contribution in [0.1, 0.15) is 0 Å². The molecular weight excluding hydrogens is 100 g/mol.